The minimum absolute atomic E-state index is 0.257. The van der Waals surface area contributed by atoms with Crippen molar-refractivity contribution in [3.8, 4) is 0 Å². The Bertz CT molecular complexity index is 181. The normalized spacial score (nSPS) is 16.6. The van der Waals surface area contributed by atoms with Crippen molar-refractivity contribution in [2.24, 2.45) is 0 Å². The van der Waals surface area contributed by atoms with Crippen molar-refractivity contribution in [1.29, 1.82) is 0 Å². The van der Waals surface area contributed by atoms with Gasteiger partial charge in [-0.2, -0.15) is 0 Å². The van der Waals surface area contributed by atoms with Gasteiger partial charge >= 0.3 is 6.09 Å². The summed E-state index contributed by atoms with van der Waals surface area (Å²) in [4.78, 5) is 11.3. The molecule has 4 heteroatoms. The van der Waals surface area contributed by atoms with Crippen molar-refractivity contribution in [2.75, 3.05) is 12.5 Å². The fraction of sp³-hybridized carbons (Fsp3) is 0.909. The van der Waals surface area contributed by atoms with E-state index in [4.69, 9.17) is 16.3 Å². The molecule has 0 bridgehead atoms. The van der Waals surface area contributed by atoms with E-state index in [9.17, 15) is 4.79 Å². The van der Waals surface area contributed by atoms with Crippen LogP contribution in [0.15, 0.2) is 0 Å². The summed E-state index contributed by atoms with van der Waals surface area (Å²) in [5, 5.41) is 2.88. The number of ether oxygens (including phenoxy) is 1. The second kappa shape index (κ2) is 7.80. The quantitative estimate of drug-likeness (QED) is 0.566. The minimum Gasteiger partial charge on any atom is -0.450 e. The predicted molar refractivity (Wildman–Crippen MR) is 61.3 cm³/mol. The predicted octanol–water partition coefficient (Wildman–Crippen LogP) is 3.06. The SMILES string of the molecule is O=C(NC1CCCC1)OCCCCCCl. The van der Waals surface area contributed by atoms with Crippen molar-refractivity contribution in [3.63, 3.8) is 0 Å². The number of alkyl halides is 1. The number of hydrogen-bond acceptors (Lipinski definition) is 2. The molecule has 88 valence electrons. The molecular weight excluding hydrogens is 214 g/mol. The largest absolute Gasteiger partial charge is 0.450 e. The highest BCUT2D eigenvalue weighted by Crippen LogP contribution is 2.17. The van der Waals surface area contributed by atoms with Gasteiger partial charge in [-0.25, -0.2) is 4.79 Å². The number of nitrogens with one attached hydrogen (secondary N) is 1. The maximum absolute atomic E-state index is 11.3. The smallest absolute Gasteiger partial charge is 0.407 e. The van der Waals surface area contributed by atoms with Gasteiger partial charge in [0, 0.05) is 11.9 Å². The van der Waals surface area contributed by atoms with E-state index >= 15 is 0 Å². The Hall–Kier alpha value is -0.440. The lowest BCUT2D eigenvalue weighted by Gasteiger charge is -2.11. The molecule has 1 fully saturated rings. The number of rotatable bonds is 6. The topological polar surface area (TPSA) is 38.3 Å². The number of carbonyl (C=O) groups is 1. The first-order chi connectivity index (χ1) is 7.33. The van der Waals surface area contributed by atoms with Crippen LogP contribution in [-0.4, -0.2) is 24.6 Å². The van der Waals surface area contributed by atoms with Gasteiger partial charge in [-0.3, -0.25) is 0 Å². The number of hydrogen-bond donors (Lipinski definition) is 1. The molecule has 15 heavy (non-hydrogen) atoms. The minimum atomic E-state index is -0.257. The molecule has 0 aromatic carbocycles. The molecule has 0 radical (unpaired) electrons. The van der Waals surface area contributed by atoms with Crippen LogP contribution in [0, 0.1) is 0 Å². The molecule has 0 aliphatic heterocycles. The Kier molecular flexibility index (Phi) is 6.57. The van der Waals surface area contributed by atoms with E-state index in [1.807, 2.05) is 0 Å². The lowest BCUT2D eigenvalue weighted by atomic mass is 10.2. The Balaban J connectivity index is 1.93. The number of unbranched alkanes of at least 4 members (excludes halogenated alkanes) is 2. The molecule has 0 aromatic heterocycles. The second-order valence-electron chi connectivity index (χ2n) is 4.01. The summed E-state index contributed by atoms with van der Waals surface area (Å²) >= 11 is 5.54. The first-order valence-corrected chi connectivity index (χ1v) is 6.35. The van der Waals surface area contributed by atoms with E-state index in [2.05, 4.69) is 5.32 Å². The highest BCUT2D eigenvalue weighted by Gasteiger charge is 2.17. The third-order valence-electron chi connectivity index (χ3n) is 2.69. The third-order valence-corrected chi connectivity index (χ3v) is 2.96. The van der Waals surface area contributed by atoms with Crippen molar-refractivity contribution >= 4 is 17.7 Å². The van der Waals surface area contributed by atoms with Crippen LogP contribution in [0.25, 0.3) is 0 Å². The number of halogens is 1. The standard InChI is InChI=1S/C11H20ClNO2/c12-8-4-1-5-9-15-11(14)13-10-6-2-3-7-10/h10H,1-9H2,(H,13,14). The second-order valence-corrected chi connectivity index (χ2v) is 4.39. The molecule has 0 spiro atoms. The van der Waals surface area contributed by atoms with Gasteiger partial charge in [0.25, 0.3) is 0 Å². The van der Waals surface area contributed by atoms with E-state index in [-0.39, 0.29) is 6.09 Å². The van der Waals surface area contributed by atoms with Crippen LogP contribution < -0.4 is 5.32 Å². The molecule has 0 saturated heterocycles. The van der Waals surface area contributed by atoms with Gasteiger partial charge in [0.2, 0.25) is 0 Å². The fourth-order valence-electron chi connectivity index (χ4n) is 1.82. The van der Waals surface area contributed by atoms with Gasteiger partial charge in [-0.1, -0.05) is 12.8 Å². The highest BCUT2D eigenvalue weighted by atomic mass is 35.5. The number of alkyl carbamates (subject to hydrolysis) is 1. The van der Waals surface area contributed by atoms with Crippen LogP contribution in [0.5, 0.6) is 0 Å². The Morgan fingerprint density at radius 2 is 2.00 bits per heavy atom. The van der Waals surface area contributed by atoms with Gasteiger partial charge in [-0.15, -0.1) is 11.6 Å². The van der Waals surface area contributed by atoms with Crippen molar-refractivity contribution < 1.29 is 9.53 Å². The average molecular weight is 234 g/mol. The van der Waals surface area contributed by atoms with Gasteiger partial charge in [-0.05, 0) is 32.1 Å². The molecule has 0 aromatic rings. The summed E-state index contributed by atoms with van der Waals surface area (Å²) in [7, 11) is 0. The summed E-state index contributed by atoms with van der Waals surface area (Å²) in [5.74, 6) is 0.689. The number of carbonyl (C=O) groups excluding carboxylic acids is 1. The third kappa shape index (κ3) is 5.88. The molecular formula is C11H20ClNO2. The maximum Gasteiger partial charge on any atom is 0.407 e. The zero-order chi connectivity index (χ0) is 10.9. The van der Waals surface area contributed by atoms with Crippen molar-refractivity contribution in [1.82, 2.24) is 5.32 Å². The molecule has 1 N–H and O–H groups in total. The monoisotopic (exact) mass is 233 g/mol. The molecule has 3 nitrogen and oxygen atoms in total. The first kappa shape index (κ1) is 12.6. The van der Waals surface area contributed by atoms with Gasteiger partial charge in [0.05, 0.1) is 6.61 Å². The maximum atomic E-state index is 11.3. The van der Waals surface area contributed by atoms with E-state index in [1.54, 1.807) is 0 Å². The molecule has 0 unspecified atom stereocenters. The number of amides is 1. The Morgan fingerprint density at radius 3 is 2.67 bits per heavy atom. The summed E-state index contributed by atoms with van der Waals surface area (Å²) in [5.41, 5.74) is 0. The van der Waals surface area contributed by atoms with E-state index in [0.717, 1.165) is 32.1 Å². The lowest BCUT2D eigenvalue weighted by Crippen LogP contribution is -2.33. The van der Waals surface area contributed by atoms with Gasteiger partial charge < -0.3 is 10.1 Å². The molecule has 1 aliphatic carbocycles. The summed E-state index contributed by atoms with van der Waals surface area (Å²) < 4.78 is 5.06. The van der Waals surface area contributed by atoms with E-state index < -0.39 is 0 Å². The summed E-state index contributed by atoms with van der Waals surface area (Å²) in [6, 6.07) is 0.348. The van der Waals surface area contributed by atoms with Gasteiger partial charge in [0.15, 0.2) is 0 Å². The fourth-order valence-corrected chi connectivity index (χ4v) is 2.01. The summed E-state index contributed by atoms with van der Waals surface area (Å²) in [6.07, 6.45) is 7.32. The molecule has 1 rings (SSSR count). The molecule has 1 aliphatic rings. The van der Waals surface area contributed by atoms with Crippen LogP contribution in [0.1, 0.15) is 44.9 Å². The van der Waals surface area contributed by atoms with E-state index in [0.29, 0.717) is 18.5 Å². The van der Waals surface area contributed by atoms with Crippen LogP contribution in [0.4, 0.5) is 4.79 Å². The lowest BCUT2D eigenvalue weighted by molar-refractivity contribution is 0.140. The van der Waals surface area contributed by atoms with Crippen molar-refractivity contribution in [2.45, 2.75) is 51.0 Å². The first-order valence-electron chi connectivity index (χ1n) is 5.82. The van der Waals surface area contributed by atoms with Crippen LogP contribution >= 0.6 is 11.6 Å². The van der Waals surface area contributed by atoms with Crippen LogP contribution in [0.2, 0.25) is 0 Å². The Labute approximate surface area is 96.5 Å². The highest BCUT2D eigenvalue weighted by molar-refractivity contribution is 6.17. The molecule has 0 heterocycles. The van der Waals surface area contributed by atoms with E-state index in [1.165, 1.54) is 12.8 Å². The van der Waals surface area contributed by atoms with Crippen LogP contribution in [0.3, 0.4) is 0 Å². The van der Waals surface area contributed by atoms with Crippen LogP contribution in [-0.2, 0) is 4.74 Å². The molecule has 1 amide bonds. The summed E-state index contributed by atoms with van der Waals surface area (Å²) in [6.45, 7) is 0.509. The van der Waals surface area contributed by atoms with Gasteiger partial charge in [0.1, 0.15) is 0 Å². The zero-order valence-corrected chi connectivity index (χ0v) is 9.89. The molecule has 0 atom stereocenters. The van der Waals surface area contributed by atoms with Crippen molar-refractivity contribution in [3.05, 3.63) is 0 Å². The zero-order valence-electron chi connectivity index (χ0n) is 9.14. The Morgan fingerprint density at radius 1 is 1.27 bits per heavy atom. The molecule has 1 saturated carbocycles. The average Bonchev–Trinajstić information content (AvgIpc) is 2.70.